The van der Waals surface area contributed by atoms with Crippen molar-refractivity contribution >= 4 is 0 Å². The molecule has 0 radical (unpaired) electrons. The molecule has 0 aliphatic heterocycles. The monoisotopic (exact) mass is 293 g/mol. The van der Waals surface area contributed by atoms with Gasteiger partial charge in [-0.3, -0.25) is 0 Å². The molecule has 0 spiro atoms. The van der Waals surface area contributed by atoms with Crippen LogP contribution in [0.1, 0.15) is 59.1 Å². The molecule has 1 aromatic carbocycles. The third-order valence-electron chi connectivity index (χ3n) is 4.02. The molecule has 1 rings (SSSR count). The molecule has 21 heavy (non-hydrogen) atoms. The van der Waals surface area contributed by atoms with Gasteiger partial charge in [0, 0.05) is 12.6 Å². The quantitative estimate of drug-likeness (QED) is 0.725. The summed E-state index contributed by atoms with van der Waals surface area (Å²) < 4.78 is 5.69. The van der Waals surface area contributed by atoms with E-state index in [9.17, 15) is 5.11 Å². The van der Waals surface area contributed by atoms with Crippen LogP contribution in [0.3, 0.4) is 0 Å². The van der Waals surface area contributed by atoms with Crippen LogP contribution in [0.25, 0.3) is 0 Å². The Morgan fingerprint density at radius 1 is 1.10 bits per heavy atom. The van der Waals surface area contributed by atoms with Crippen LogP contribution >= 0.6 is 0 Å². The highest BCUT2D eigenvalue weighted by atomic mass is 16.5. The standard InChI is InChI=1S/C18H31NO2/c1-6-18(20,7-2)13-19-15(5)16-8-10-17(11-9-16)21-12-14(3)4/h8-11,14-15,19-20H,6-7,12-13H2,1-5H3. The van der Waals surface area contributed by atoms with Crippen molar-refractivity contribution in [1.29, 1.82) is 0 Å². The molecule has 2 N–H and O–H groups in total. The molecule has 0 bridgehead atoms. The minimum Gasteiger partial charge on any atom is -0.493 e. The van der Waals surface area contributed by atoms with Crippen LogP contribution in [-0.2, 0) is 0 Å². The van der Waals surface area contributed by atoms with E-state index in [0.29, 0.717) is 12.5 Å². The molecule has 1 atom stereocenters. The Bertz CT molecular complexity index is 396. The van der Waals surface area contributed by atoms with Crippen LogP contribution in [0.5, 0.6) is 5.75 Å². The molecule has 0 aliphatic carbocycles. The first-order chi connectivity index (χ1) is 9.90. The molecule has 3 heteroatoms. The molecule has 1 unspecified atom stereocenters. The highest BCUT2D eigenvalue weighted by Crippen LogP contribution is 2.20. The molecular formula is C18H31NO2. The topological polar surface area (TPSA) is 41.5 Å². The number of ether oxygens (including phenoxy) is 1. The summed E-state index contributed by atoms with van der Waals surface area (Å²) >= 11 is 0. The third kappa shape index (κ3) is 6.06. The summed E-state index contributed by atoms with van der Waals surface area (Å²) in [5.74, 6) is 1.45. The maximum atomic E-state index is 10.3. The molecule has 120 valence electrons. The lowest BCUT2D eigenvalue weighted by Crippen LogP contribution is -2.40. The summed E-state index contributed by atoms with van der Waals surface area (Å²) in [6.45, 7) is 11.8. The SMILES string of the molecule is CCC(O)(CC)CNC(C)c1ccc(OCC(C)C)cc1. The first-order valence-electron chi connectivity index (χ1n) is 8.08. The van der Waals surface area contributed by atoms with E-state index < -0.39 is 5.60 Å². The van der Waals surface area contributed by atoms with Gasteiger partial charge in [-0.2, -0.15) is 0 Å². The average Bonchev–Trinajstić information content (AvgIpc) is 2.50. The Morgan fingerprint density at radius 3 is 2.14 bits per heavy atom. The highest BCUT2D eigenvalue weighted by Gasteiger charge is 2.22. The number of hydrogen-bond acceptors (Lipinski definition) is 3. The number of benzene rings is 1. The van der Waals surface area contributed by atoms with Gasteiger partial charge in [0.05, 0.1) is 12.2 Å². The van der Waals surface area contributed by atoms with Crippen molar-refractivity contribution in [3.63, 3.8) is 0 Å². The second-order valence-electron chi connectivity index (χ2n) is 6.31. The van der Waals surface area contributed by atoms with Gasteiger partial charge in [0.25, 0.3) is 0 Å². The zero-order valence-corrected chi connectivity index (χ0v) is 14.1. The van der Waals surface area contributed by atoms with Crippen LogP contribution < -0.4 is 10.1 Å². The van der Waals surface area contributed by atoms with Crippen molar-refractivity contribution in [3.05, 3.63) is 29.8 Å². The van der Waals surface area contributed by atoms with Crippen molar-refractivity contribution in [3.8, 4) is 5.75 Å². The van der Waals surface area contributed by atoms with Crippen LogP contribution in [0.2, 0.25) is 0 Å². The second-order valence-corrected chi connectivity index (χ2v) is 6.31. The number of nitrogens with one attached hydrogen (secondary N) is 1. The van der Waals surface area contributed by atoms with Gasteiger partial charge in [-0.25, -0.2) is 0 Å². The second kappa shape index (κ2) is 8.40. The van der Waals surface area contributed by atoms with Crippen LogP contribution in [0, 0.1) is 5.92 Å². The minimum atomic E-state index is -0.603. The fraction of sp³-hybridized carbons (Fsp3) is 0.667. The Balaban J connectivity index is 2.53. The van der Waals surface area contributed by atoms with E-state index in [0.717, 1.165) is 25.2 Å². The molecular weight excluding hydrogens is 262 g/mol. The molecule has 0 heterocycles. The largest absolute Gasteiger partial charge is 0.493 e. The predicted molar refractivity (Wildman–Crippen MR) is 88.7 cm³/mol. The molecule has 0 saturated heterocycles. The Labute approximate surface area is 129 Å². The van der Waals surface area contributed by atoms with Crippen molar-refractivity contribution < 1.29 is 9.84 Å². The van der Waals surface area contributed by atoms with E-state index in [1.807, 2.05) is 26.0 Å². The maximum absolute atomic E-state index is 10.3. The summed E-state index contributed by atoms with van der Waals surface area (Å²) in [6, 6.07) is 8.42. The van der Waals surface area contributed by atoms with Crippen LogP contribution in [0.15, 0.2) is 24.3 Å². The van der Waals surface area contributed by atoms with E-state index in [-0.39, 0.29) is 6.04 Å². The van der Waals surface area contributed by atoms with Gasteiger partial charge in [0.1, 0.15) is 5.75 Å². The van der Waals surface area contributed by atoms with E-state index in [4.69, 9.17) is 4.74 Å². The summed E-state index contributed by atoms with van der Waals surface area (Å²) in [4.78, 5) is 0. The van der Waals surface area contributed by atoms with E-state index >= 15 is 0 Å². The van der Waals surface area contributed by atoms with Crippen molar-refractivity contribution in [2.75, 3.05) is 13.2 Å². The molecule has 0 amide bonds. The third-order valence-corrected chi connectivity index (χ3v) is 4.02. The van der Waals surface area contributed by atoms with Gasteiger partial charge in [-0.15, -0.1) is 0 Å². The first kappa shape index (κ1) is 18.0. The van der Waals surface area contributed by atoms with Gasteiger partial charge in [0.15, 0.2) is 0 Å². The number of aliphatic hydroxyl groups is 1. The highest BCUT2D eigenvalue weighted by molar-refractivity contribution is 5.29. The molecule has 0 saturated carbocycles. The zero-order valence-electron chi connectivity index (χ0n) is 14.1. The lowest BCUT2D eigenvalue weighted by molar-refractivity contribution is 0.0303. The van der Waals surface area contributed by atoms with Gasteiger partial charge >= 0.3 is 0 Å². The van der Waals surface area contributed by atoms with Gasteiger partial charge in [-0.1, -0.05) is 39.8 Å². The molecule has 0 fully saturated rings. The Hall–Kier alpha value is -1.06. The summed E-state index contributed by atoms with van der Waals surface area (Å²) in [6.07, 6.45) is 1.54. The normalized spacial score (nSPS) is 13.5. The van der Waals surface area contributed by atoms with Crippen LogP contribution in [0.4, 0.5) is 0 Å². The molecule has 3 nitrogen and oxygen atoms in total. The Morgan fingerprint density at radius 2 is 1.67 bits per heavy atom. The summed E-state index contributed by atoms with van der Waals surface area (Å²) in [5, 5.41) is 13.7. The van der Waals surface area contributed by atoms with E-state index in [1.54, 1.807) is 0 Å². The predicted octanol–water partition coefficient (Wildman–Crippen LogP) is 3.92. The van der Waals surface area contributed by atoms with Gasteiger partial charge < -0.3 is 15.2 Å². The van der Waals surface area contributed by atoms with Crippen molar-refractivity contribution in [2.24, 2.45) is 5.92 Å². The number of rotatable bonds is 9. The lowest BCUT2D eigenvalue weighted by atomic mass is 9.96. The van der Waals surface area contributed by atoms with E-state index in [1.165, 1.54) is 5.56 Å². The maximum Gasteiger partial charge on any atom is 0.119 e. The van der Waals surface area contributed by atoms with Crippen molar-refractivity contribution in [1.82, 2.24) is 5.32 Å². The van der Waals surface area contributed by atoms with Crippen LogP contribution in [-0.4, -0.2) is 23.9 Å². The smallest absolute Gasteiger partial charge is 0.119 e. The van der Waals surface area contributed by atoms with Gasteiger partial charge in [0.2, 0.25) is 0 Å². The number of hydrogen-bond donors (Lipinski definition) is 2. The Kier molecular flexibility index (Phi) is 7.20. The van der Waals surface area contributed by atoms with Crippen molar-refractivity contribution in [2.45, 2.75) is 59.1 Å². The average molecular weight is 293 g/mol. The fourth-order valence-corrected chi connectivity index (χ4v) is 2.08. The minimum absolute atomic E-state index is 0.216. The molecule has 0 aliphatic rings. The molecule has 1 aromatic rings. The summed E-state index contributed by atoms with van der Waals surface area (Å²) in [7, 11) is 0. The van der Waals surface area contributed by atoms with E-state index in [2.05, 4.69) is 38.2 Å². The molecule has 0 aromatic heterocycles. The van der Waals surface area contributed by atoms with Gasteiger partial charge in [-0.05, 0) is 43.4 Å². The lowest BCUT2D eigenvalue weighted by Gasteiger charge is -2.27. The fourth-order valence-electron chi connectivity index (χ4n) is 2.08. The summed E-state index contributed by atoms with van der Waals surface area (Å²) in [5.41, 5.74) is 0.607. The first-order valence-corrected chi connectivity index (χ1v) is 8.08. The zero-order chi connectivity index (χ0) is 15.9.